The van der Waals surface area contributed by atoms with Gasteiger partial charge in [0.2, 0.25) is 11.8 Å². The van der Waals surface area contributed by atoms with Crippen molar-refractivity contribution in [1.29, 1.82) is 0 Å². The number of imide groups is 1. The van der Waals surface area contributed by atoms with Crippen LogP contribution in [0.25, 0.3) is 0 Å². The summed E-state index contributed by atoms with van der Waals surface area (Å²) >= 11 is 7.19. The molecule has 0 N–H and O–H groups in total. The van der Waals surface area contributed by atoms with Crippen LogP contribution in [0.2, 0.25) is 0 Å². The van der Waals surface area contributed by atoms with Crippen LogP contribution in [0.15, 0.2) is 24.3 Å². The van der Waals surface area contributed by atoms with Crippen LogP contribution in [0.3, 0.4) is 0 Å². The lowest BCUT2D eigenvalue weighted by molar-refractivity contribution is -0.122. The molecule has 2 fully saturated rings. The van der Waals surface area contributed by atoms with E-state index >= 15 is 0 Å². The molecule has 0 spiro atoms. The smallest absolute Gasteiger partial charge is 0.237 e. The molecule has 5 heteroatoms. The molecule has 1 heterocycles. The van der Waals surface area contributed by atoms with Crippen LogP contribution in [-0.2, 0) is 9.59 Å². The van der Waals surface area contributed by atoms with Crippen LogP contribution in [-0.4, -0.2) is 21.5 Å². The van der Waals surface area contributed by atoms with E-state index in [-0.39, 0.29) is 33.3 Å². The molecule has 106 valence electrons. The molecule has 1 aromatic rings. The summed E-state index contributed by atoms with van der Waals surface area (Å²) in [5.74, 6) is -0.454. The van der Waals surface area contributed by atoms with Crippen LogP contribution in [0, 0.1) is 18.8 Å². The molecule has 20 heavy (non-hydrogen) atoms. The molecule has 1 aliphatic heterocycles. The Morgan fingerprint density at radius 2 is 1.40 bits per heavy atom. The lowest BCUT2D eigenvalue weighted by atomic mass is 9.81. The third-order valence-electron chi connectivity index (χ3n) is 4.20. The van der Waals surface area contributed by atoms with Gasteiger partial charge in [-0.25, -0.2) is 0 Å². The Kier molecular flexibility index (Phi) is 3.75. The van der Waals surface area contributed by atoms with Crippen molar-refractivity contribution in [3.63, 3.8) is 0 Å². The number of aryl methyl sites for hydroxylation is 1. The molecule has 3 nitrogen and oxygen atoms in total. The van der Waals surface area contributed by atoms with Crippen LogP contribution in [0.1, 0.15) is 18.4 Å². The zero-order chi connectivity index (χ0) is 14.4. The molecule has 4 unspecified atom stereocenters. The number of carbonyl (C=O) groups excluding carboxylic acids is 2. The SMILES string of the molecule is Cc1ccc(N2C(=O)C3CC(Br)C(Br)CC3C2=O)cc1. The van der Waals surface area contributed by atoms with Crippen molar-refractivity contribution in [2.75, 3.05) is 4.90 Å². The number of fused-ring (bicyclic) bond motifs is 1. The molecular formula is C15H15Br2NO2. The molecule has 2 aliphatic rings. The number of carbonyl (C=O) groups is 2. The van der Waals surface area contributed by atoms with E-state index in [0.29, 0.717) is 18.5 Å². The van der Waals surface area contributed by atoms with Crippen LogP contribution < -0.4 is 4.90 Å². The zero-order valence-corrected chi connectivity index (χ0v) is 14.2. The van der Waals surface area contributed by atoms with E-state index in [9.17, 15) is 9.59 Å². The van der Waals surface area contributed by atoms with E-state index < -0.39 is 0 Å². The average molecular weight is 401 g/mol. The van der Waals surface area contributed by atoms with E-state index in [1.807, 2.05) is 31.2 Å². The minimum atomic E-state index is -0.179. The number of hydrogen-bond donors (Lipinski definition) is 0. The molecule has 4 atom stereocenters. The second kappa shape index (κ2) is 5.26. The highest BCUT2D eigenvalue weighted by Crippen LogP contribution is 2.44. The Morgan fingerprint density at radius 3 is 1.85 bits per heavy atom. The van der Waals surface area contributed by atoms with Gasteiger partial charge in [-0.15, -0.1) is 0 Å². The fourth-order valence-corrected chi connectivity index (χ4v) is 4.28. The fourth-order valence-electron chi connectivity index (χ4n) is 3.04. The van der Waals surface area contributed by atoms with E-state index in [4.69, 9.17) is 0 Å². The summed E-state index contributed by atoms with van der Waals surface area (Å²) in [5, 5.41) is 0. The molecule has 0 aromatic heterocycles. The Hall–Kier alpha value is -0.680. The Morgan fingerprint density at radius 1 is 0.950 bits per heavy atom. The lowest BCUT2D eigenvalue weighted by Gasteiger charge is -2.29. The maximum absolute atomic E-state index is 12.6. The first kappa shape index (κ1) is 14.3. The summed E-state index contributed by atoms with van der Waals surface area (Å²) in [6, 6.07) is 7.55. The van der Waals surface area contributed by atoms with E-state index in [0.717, 1.165) is 5.56 Å². The number of alkyl halides is 2. The van der Waals surface area contributed by atoms with Gasteiger partial charge in [0, 0.05) is 9.65 Å². The zero-order valence-electron chi connectivity index (χ0n) is 11.1. The van der Waals surface area contributed by atoms with Crippen molar-refractivity contribution >= 4 is 49.4 Å². The van der Waals surface area contributed by atoms with Gasteiger partial charge in [0.1, 0.15) is 0 Å². The number of amides is 2. The first-order chi connectivity index (χ1) is 9.49. The number of benzene rings is 1. The van der Waals surface area contributed by atoms with Gasteiger partial charge >= 0.3 is 0 Å². The monoisotopic (exact) mass is 399 g/mol. The molecule has 0 radical (unpaired) electrons. The Balaban J connectivity index is 1.93. The Labute approximate surface area is 135 Å². The van der Waals surface area contributed by atoms with Crippen molar-refractivity contribution < 1.29 is 9.59 Å². The summed E-state index contributed by atoms with van der Waals surface area (Å²) in [6.07, 6.45) is 1.43. The summed E-state index contributed by atoms with van der Waals surface area (Å²) in [5.41, 5.74) is 1.81. The quantitative estimate of drug-likeness (QED) is 0.535. The van der Waals surface area contributed by atoms with E-state index in [1.165, 1.54) is 4.90 Å². The summed E-state index contributed by atoms with van der Waals surface area (Å²) < 4.78 is 0. The number of halogens is 2. The predicted octanol–water partition coefficient (Wildman–Crippen LogP) is 3.42. The van der Waals surface area contributed by atoms with Gasteiger partial charge < -0.3 is 0 Å². The van der Waals surface area contributed by atoms with Gasteiger partial charge in [-0.2, -0.15) is 0 Å². The molecule has 1 aromatic carbocycles. The second-order valence-electron chi connectivity index (χ2n) is 5.56. The predicted molar refractivity (Wildman–Crippen MR) is 85.3 cm³/mol. The van der Waals surface area contributed by atoms with Gasteiger partial charge in [-0.05, 0) is 31.9 Å². The fraction of sp³-hybridized carbons (Fsp3) is 0.467. The topological polar surface area (TPSA) is 37.4 Å². The third kappa shape index (κ3) is 2.25. The van der Waals surface area contributed by atoms with Gasteiger partial charge in [0.05, 0.1) is 17.5 Å². The average Bonchev–Trinajstić information content (AvgIpc) is 2.65. The summed E-state index contributed by atoms with van der Waals surface area (Å²) in [4.78, 5) is 27.0. The molecule has 1 aliphatic carbocycles. The second-order valence-corrected chi connectivity index (χ2v) is 7.92. The van der Waals surface area contributed by atoms with Crippen molar-refractivity contribution in [3.05, 3.63) is 29.8 Å². The van der Waals surface area contributed by atoms with E-state index in [1.54, 1.807) is 0 Å². The normalized spacial score (nSPS) is 33.5. The molecule has 2 amide bonds. The maximum atomic E-state index is 12.6. The third-order valence-corrected chi connectivity index (χ3v) is 6.94. The number of hydrogen-bond acceptors (Lipinski definition) is 2. The van der Waals surface area contributed by atoms with Crippen molar-refractivity contribution in [3.8, 4) is 0 Å². The van der Waals surface area contributed by atoms with Gasteiger partial charge in [0.15, 0.2) is 0 Å². The van der Waals surface area contributed by atoms with E-state index in [2.05, 4.69) is 31.9 Å². The number of rotatable bonds is 1. The van der Waals surface area contributed by atoms with Crippen LogP contribution >= 0.6 is 31.9 Å². The van der Waals surface area contributed by atoms with Crippen LogP contribution in [0.5, 0.6) is 0 Å². The molecule has 1 saturated carbocycles. The van der Waals surface area contributed by atoms with Crippen LogP contribution in [0.4, 0.5) is 5.69 Å². The first-order valence-electron chi connectivity index (χ1n) is 6.71. The van der Waals surface area contributed by atoms with Crippen molar-refractivity contribution in [2.45, 2.75) is 29.4 Å². The standard InChI is InChI=1S/C15H15Br2NO2/c1-8-2-4-9(5-3-8)18-14(19)10-6-12(16)13(17)7-11(10)15(18)20/h2-5,10-13H,6-7H2,1H3. The van der Waals surface area contributed by atoms with Gasteiger partial charge in [0.25, 0.3) is 0 Å². The summed E-state index contributed by atoms with van der Waals surface area (Å²) in [6.45, 7) is 1.99. The largest absolute Gasteiger partial charge is 0.274 e. The molecule has 3 rings (SSSR count). The highest BCUT2D eigenvalue weighted by Gasteiger charge is 2.52. The minimum absolute atomic E-state index is 0.0484. The Bertz CT molecular complexity index is 529. The molecule has 0 bridgehead atoms. The van der Waals surface area contributed by atoms with Crippen molar-refractivity contribution in [2.24, 2.45) is 11.8 Å². The molecular weight excluding hydrogens is 386 g/mol. The molecule has 1 saturated heterocycles. The highest BCUT2D eigenvalue weighted by atomic mass is 79.9. The number of nitrogens with zero attached hydrogens (tertiary/aromatic N) is 1. The lowest BCUT2D eigenvalue weighted by Crippen LogP contribution is -2.34. The maximum Gasteiger partial charge on any atom is 0.237 e. The van der Waals surface area contributed by atoms with Gasteiger partial charge in [-0.3, -0.25) is 14.5 Å². The van der Waals surface area contributed by atoms with Gasteiger partial charge in [-0.1, -0.05) is 49.6 Å². The highest BCUT2D eigenvalue weighted by molar-refractivity contribution is 9.12. The first-order valence-corrected chi connectivity index (χ1v) is 8.55. The number of anilines is 1. The minimum Gasteiger partial charge on any atom is -0.274 e. The van der Waals surface area contributed by atoms with Crippen molar-refractivity contribution in [1.82, 2.24) is 0 Å². The summed E-state index contributed by atoms with van der Waals surface area (Å²) in [7, 11) is 0.